The molecule has 0 unspecified atom stereocenters. The van der Waals surface area contributed by atoms with Crippen LogP contribution in [0.15, 0.2) is 71.9 Å². The van der Waals surface area contributed by atoms with Crippen LogP contribution in [-0.4, -0.2) is 45.7 Å². The molecule has 3 heterocycles. The Balaban J connectivity index is 1.56. The molecule has 1 amide bonds. The average molecular weight is 554 g/mol. The number of amides is 1. The summed E-state index contributed by atoms with van der Waals surface area (Å²) in [5, 5.41) is 2.55. The number of hydrogen-bond donors (Lipinski definition) is 2. The Hall–Kier alpha value is -4.73. The molecule has 0 aliphatic rings. The molecule has 40 heavy (non-hydrogen) atoms. The van der Waals surface area contributed by atoms with Gasteiger partial charge in [0.15, 0.2) is 5.69 Å². The molecule has 3 aromatic carbocycles. The fraction of sp³-hybridized carbons (Fsp3) is 0.133. The second-order valence-corrected chi connectivity index (χ2v) is 9.78. The number of fused-ring (bicyclic) bond motifs is 4. The first-order chi connectivity index (χ1) is 19.4. The number of pyridine rings is 1. The monoisotopic (exact) mass is 553 g/mol. The minimum atomic E-state index is -0.641. The van der Waals surface area contributed by atoms with E-state index in [0.29, 0.717) is 46.1 Å². The number of halogens is 1. The van der Waals surface area contributed by atoms with Crippen molar-refractivity contribution in [2.75, 3.05) is 20.3 Å². The predicted octanol–water partition coefficient (Wildman–Crippen LogP) is 5.17. The first kappa shape index (κ1) is 25.5. The number of nitrogens with zero attached hydrogens (tertiary/aromatic N) is 3. The van der Waals surface area contributed by atoms with Crippen molar-refractivity contribution >= 4 is 50.2 Å². The first-order valence-corrected chi connectivity index (χ1v) is 12.9. The summed E-state index contributed by atoms with van der Waals surface area (Å²) in [5.74, 6) is 0.0188. The summed E-state index contributed by atoms with van der Waals surface area (Å²) in [6.45, 7) is 2.80. The highest BCUT2D eigenvalue weighted by molar-refractivity contribution is 6.31. The number of nitrogens with one attached hydrogen (secondary N) is 1. The van der Waals surface area contributed by atoms with Gasteiger partial charge in [0.05, 0.1) is 34.2 Å². The molecule has 3 aromatic heterocycles. The number of methoxy groups -OCH3 is 1. The third-order valence-corrected chi connectivity index (χ3v) is 7.20. The summed E-state index contributed by atoms with van der Waals surface area (Å²) in [4.78, 5) is 38.0. The van der Waals surface area contributed by atoms with E-state index < -0.39 is 5.91 Å². The van der Waals surface area contributed by atoms with Gasteiger partial charge in [-0.3, -0.25) is 14.2 Å². The molecule has 0 aliphatic heterocycles. The number of benzene rings is 3. The first-order valence-electron chi connectivity index (χ1n) is 12.5. The lowest BCUT2D eigenvalue weighted by molar-refractivity contribution is 0.0997. The molecule has 0 saturated heterocycles. The van der Waals surface area contributed by atoms with E-state index in [0.717, 1.165) is 33.0 Å². The number of hydrogen-bond acceptors (Lipinski definition) is 6. The van der Waals surface area contributed by atoms with Crippen LogP contribution in [0.25, 0.3) is 49.5 Å². The molecule has 0 fully saturated rings. The van der Waals surface area contributed by atoms with Gasteiger partial charge in [0.2, 0.25) is 0 Å². The lowest BCUT2D eigenvalue weighted by Crippen LogP contribution is -2.19. The van der Waals surface area contributed by atoms with Crippen LogP contribution in [0.5, 0.6) is 5.75 Å². The third kappa shape index (κ3) is 4.25. The van der Waals surface area contributed by atoms with Gasteiger partial charge in [-0.05, 0) is 54.4 Å². The maximum atomic E-state index is 13.4. The number of aromatic amines is 1. The minimum Gasteiger partial charge on any atom is -0.491 e. The van der Waals surface area contributed by atoms with Gasteiger partial charge in [-0.15, -0.1) is 0 Å². The Morgan fingerprint density at radius 2 is 1.90 bits per heavy atom. The molecule has 3 N–H and O–H groups in total. The summed E-state index contributed by atoms with van der Waals surface area (Å²) in [6, 6.07) is 16.4. The molecule has 200 valence electrons. The number of carbonyl (C=O) groups is 1. The van der Waals surface area contributed by atoms with Gasteiger partial charge in [0, 0.05) is 40.7 Å². The second-order valence-electron chi connectivity index (χ2n) is 9.34. The number of H-pyrrole nitrogens is 1. The van der Waals surface area contributed by atoms with E-state index in [1.165, 1.54) is 10.9 Å². The minimum absolute atomic E-state index is 0.137. The average Bonchev–Trinajstić information content (AvgIpc) is 3.32. The summed E-state index contributed by atoms with van der Waals surface area (Å²) < 4.78 is 12.4. The van der Waals surface area contributed by atoms with Gasteiger partial charge >= 0.3 is 0 Å². The molecule has 0 radical (unpaired) electrons. The zero-order valence-electron chi connectivity index (χ0n) is 21.7. The lowest BCUT2D eigenvalue weighted by atomic mass is 9.95. The Morgan fingerprint density at radius 3 is 2.70 bits per heavy atom. The van der Waals surface area contributed by atoms with E-state index >= 15 is 0 Å². The molecule has 10 heteroatoms. The highest BCUT2D eigenvalue weighted by atomic mass is 35.5. The van der Waals surface area contributed by atoms with Gasteiger partial charge in [-0.25, -0.2) is 9.97 Å². The number of aromatic nitrogens is 4. The highest BCUT2D eigenvalue weighted by Gasteiger charge is 2.20. The molecule has 0 bridgehead atoms. The third-order valence-electron chi connectivity index (χ3n) is 6.96. The Bertz CT molecular complexity index is 2010. The van der Waals surface area contributed by atoms with Gasteiger partial charge in [-0.2, -0.15) is 0 Å². The molecule has 6 rings (SSSR count). The quantitative estimate of drug-likeness (QED) is 0.263. The highest BCUT2D eigenvalue weighted by Crippen LogP contribution is 2.38. The maximum Gasteiger partial charge on any atom is 0.269 e. The largest absolute Gasteiger partial charge is 0.491 e. The normalized spacial score (nSPS) is 11.5. The fourth-order valence-electron chi connectivity index (χ4n) is 5.06. The van der Waals surface area contributed by atoms with Crippen LogP contribution in [0.3, 0.4) is 0 Å². The van der Waals surface area contributed by atoms with E-state index in [1.54, 1.807) is 31.5 Å². The van der Waals surface area contributed by atoms with Gasteiger partial charge in [-0.1, -0.05) is 23.7 Å². The van der Waals surface area contributed by atoms with E-state index in [4.69, 9.17) is 26.8 Å². The Kier molecular flexibility index (Phi) is 6.45. The Labute approximate surface area is 233 Å². The maximum absolute atomic E-state index is 13.4. The van der Waals surface area contributed by atoms with Gasteiger partial charge in [0.25, 0.3) is 11.5 Å². The topological polar surface area (TPSA) is 125 Å². The standard InChI is InChI=1S/C30H24ClN5O4/c1-16-19(4-3-5-25(16)36-15-34-23-9-6-17(31)12-21(23)30(36)38)22-14-33-28(29(32)37)27-26(22)20-8-7-18(13-24(20)35-27)40-11-10-39-2/h3-9,12-15,35H,10-11H2,1-2H3,(H2,32,37). The number of rotatable bonds is 7. The summed E-state index contributed by atoms with van der Waals surface area (Å²) in [6.07, 6.45) is 3.16. The summed E-state index contributed by atoms with van der Waals surface area (Å²) in [7, 11) is 1.61. The molecule has 9 nitrogen and oxygen atoms in total. The summed E-state index contributed by atoms with van der Waals surface area (Å²) in [5.41, 5.74) is 10.6. The SMILES string of the molecule is COCCOc1ccc2c(c1)[nH]c1c(C(N)=O)ncc(-c3cccc(-n4cnc5ccc(Cl)cc5c4=O)c3C)c12. The van der Waals surface area contributed by atoms with Crippen molar-refractivity contribution in [3.05, 3.63) is 93.8 Å². The van der Waals surface area contributed by atoms with Crippen LogP contribution >= 0.6 is 11.6 Å². The molecule has 0 spiro atoms. The van der Waals surface area contributed by atoms with E-state index in [2.05, 4.69) is 15.0 Å². The van der Waals surface area contributed by atoms with Crippen molar-refractivity contribution in [2.45, 2.75) is 6.92 Å². The molecule has 0 aliphatic carbocycles. The summed E-state index contributed by atoms with van der Waals surface area (Å²) >= 11 is 6.16. The van der Waals surface area contributed by atoms with Crippen LogP contribution in [0.2, 0.25) is 5.02 Å². The lowest BCUT2D eigenvalue weighted by Gasteiger charge is -2.15. The predicted molar refractivity (Wildman–Crippen MR) is 156 cm³/mol. The van der Waals surface area contributed by atoms with Crippen LogP contribution in [-0.2, 0) is 4.74 Å². The van der Waals surface area contributed by atoms with Crippen LogP contribution in [0.1, 0.15) is 16.1 Å². The number of ether oxygens (including phenoxy) is 2. The van der Waals surface area contributed by atoms with Crippen molar-refractivity contribution in [1.82, 2.24) is 19.5 Å². The molecular formula is C30H24ClN5O4. The van der Waals surface area contributed by atoms with Crippen LogP contribution in [0.4, 0.5) is 0 Å². The van der Waals surface area contributed by atoms with Crippen LogP contribution < -0.4 is 16.0 Å². The number of primary amides is 1. The molecule has 6 aromatic rings. The molecule has 0 atom stereocenters. The molecular weight excluding hydrogens is 530 g/mol. The van der Waals surface area contributed by atoms with Gasteiger partial charge < -0.3 is 20.2 Å². The zero-order chi connectivity index (χ0) is 28.0. The van der Waals surface area contributed by atoms with Crippen LogP contribution in [0, 0.1) is 6.92 Å². The van der Waals surface area contributed by atoms with Crippen molar-refractivity contribution in [3.8, 4) is 22.6 Å². The number of carbonyl (C=O) groups excluding carboxylic acids is 1. The van der Waals surface area contributed by atoms with Gasteiger partial charge in [0.1, 0.15) is 18.7 Å². The molecule has 0 saturated carbocycles. The zero-order valence-corrected chi connectivity index (χ0v) is 22.5. The van der Waals surface area contributed by atoms with E-state index in [-0.39, 0.29) is 11.3 Å². The Morgan fingerprint density at radius 1 is 1.05 bits per heavy atom. The van der Waals surface area contributed by atoms with Crippen molar-refractivity contribution in [2.24, 2.45) is 5.73 Å². The number of nitrogens with two attached hydrogens (primary N) is 1. The second kappa shape index (κ2) is 10.1. The van der Waals surface area contributed by atoms with E-state index in [1.807, 2.05) is 43.3 Å². The van der Waals surface area contributed by atoms with Crippen molar-refractivity contribution in [3.63, 3.8) is 0 Å². The fourth-order valence-corrected chi connectivity index (χ4v) is 5.23. The van der Waals surface area contributed by atoms with Crippen molar-refractivity contribution in [1.29, 1.82) is 0 Å². The van der Waals surface area contributed by atoms with E-state index in [9.17, 15) is 9.59 Å². The smallest absolute Gasteiger partial charge is 0.269 e. The van der Waals surface area contributed by atoms with Crippen molar-refractivity contribution < 1.29 is 14.3 Å².